The fraction of sp³-hybridized carbons (Fsp3) is 0.143. The standard InChI is InChI=1S/C14H12N4O2S/c1-7-4-3-5-9(17-7)18-13(20)11-8(2)10-12(19)15-6-16-14(10)21-11/h3-6H,1-2H3,(H,15,16,19)(H,17,18,20). The van der Waals surface area contributed by atoms with E-state index in [0.717, 1.165) is 5.69 Å². The van der Waals surface area contributed by atoms with Gasteiger partial charge in [0.15, 0.2) is 0 Å². The molecule has 0 saturated heterocycles. The summed E-state index contributed by atoms with van der Waals surface area (Å²) in [5.74, 6) is 0.201. The maximum atomic E-state index is 12.3. The van der Waals surface area contributed by atoms with Crippen molar-refractivity contribution in [2.75, 3.05) is 5.32 Å². The van der Waals surface area contributed by atoms with Gasteiger partial charge in [0.25, 0.3) is 11.5 Å². The van der Waals surface area contributed by atoms with E-state index in [9.17, 15) is 9.59 Å². The molecule has 3 aromatic heterocycles. The van der Waals surface area contributed by atoms with Crippen LogP contribution in [0.3, 0.4) is 0 Å². The monoisotopic (exact) mass is 300 g/mol. The summed E-state index contributed by atoms with van der Waals surface area (Å²) in [6, 6.07) is 5.39. The second-order valence-corrected chi connectivity index (χ2v) is 5.59. The van der Waals surface area contributed by atoms with Gasteiger partial charge in [0, 0.05) is 5.69 Å². The predicted molar refractivity (Wildman–Crippen MR) is 81.9 cm³/mol. The molecule has 2 N–H and O–H groups in total. The molecule has 0 aromatic carbocycles. The highest BCUT2D eigenvalue weighted by molar-refractivity contribution is 7.20. The summed E-state index contributed by atoms with van der Waals surface area (Å²) in [6.07, 6.45) is 1.34. The topological polar surface area (TPSA) is 87.7 Å². The smallest absolute Gasteiger partial charge is 0.267 e. The molecule has 0 unspecified atom stereocenters. The quantitative estimate of drug-likeness (QED) is 0.760. The number of amides is 1. The summed E-state index contributed by atoms with van der Waals surface area (Å²) in [7, 11) is 0. The fourth-order valence-electron chi connectivity index (χ4n) is 2.08. The number of aromatic amines is 1. The minimum Gasteiger partial charge on any atom is -0.313 e. The molecule has 21 heavy (non-hydrogen) atoms. The van der Waals surface area contributed by atoms with Gasteiger partial charge < -0.3 is 10.3 Å². The molecule has 0 aliphatic rings. The first-order valence-electron chi connectivity index (χ1n) is 6.28. The number of nitrogens with one attached hydrogen (secondary N) is 2. The molecule has 7 heteroatoms. The minimum atomic E-state index is -0.284. The number of nitrogens with zero attached hydrogens (tertiary/aromatic N) is 2. The molecule has 0 spiro atoms. The van der Waals surface area contributed by atoms with Crippen LogP contribution < -0.4 is 10.9 Å². The second kappa shape index (κ2) is 5.10. The van der Waals surface area contributed by atoms with E-state index in [1.54, 1.807) is 13.0 Å². The molecule has 0 saturated carbocycles. The van der Waals surface area contributed by atoms with Crippen molar-refractivity contribution >= 4 is 33.3 Å². The summed E-state index contributed by atoms with van der Waals surface area (Å²) >= 11 is 1.20. The Hall–Kier alpha value is -2.54. The van der Waals surface area contributed by atoms with Crippen molar-refractivity contribution in [3.63, 3.8) is 0 Å². The lowest BCUT2D eigenvalue weighted by Crippen LogP contribution is -2.13. The van der Waals surface area contributed by atoms with Crippen molar-refractivity contribution in [2.45, 2.75) is 13.8 Å². The van der Waals surface area contributed by atoms with Gasteiger partial charge in [-0.3, -0.25) is 9.59 Å². The van der Waals surface area contributed by atoms with Gasteiger partial charge in [-0.15, -0.1) is 11.3 Å². The lowest BCUT2D eigenvalue weighted by Gasteiger charge is -2.04. The Morgan fingerprint density at radius 3 is 2.86 bits per heavy atom. The number of pyridine rings is 1. The van der Waals surface area contributed by atoms with Crippen molar-refractivity contribution in [3.8, 4) is 0 Å². The molecule has 3 aromatic rings. The number of fused-ring (bicyclic) bond motifs is 1. The number of anilines is 1. The minimum absolute atomic E-state index is 0.235. The Balaban J connectivity index is 2.01. The highest BCUT2D eigenvalue weighted by Gasteiger charge is 2.18. The molecule has 106 valence electrons. The number of carbonyl (C=O) groups is 1. The third kappa shape index (κ3) is 2.43. The Bertz CT molecular complexity index is 897. The van der Waals surface area contributed by atoms with Crippen LogP contribution in [0.4, 0.5) is 5.82 Å². The summed E-state index contributed by atoms with van der Waals surface area (Å²) in [4.78, 5) is 36.0. The van der Waals surface area contributed by atoms with E-state index < -0.39 is 0 Å². The molecule has 1 amide bonds. The molecule has 0 atom stereocenters. The Labute approximate surface area is 123 Å². The number of hydrogen-bond donors (Lipinski definition) is 2. The van der Waals surface area contributed by atoms with Crippen LogP contribution in [0.1, 0.15) is 20.9 Å². The molecule has 6 nitrogen and oxygen atoms in total. The summed E-state index contributed by atoms with van der Waals surface area (Å²) in [5, 5.41) is 3.20. The summed E-state index contributed by atoms with van der Waals surface area (Å²) in [5.41, 5.74) is 1.22. The van der Waals surface area contributed by atoms with Crippen LogP contribution in [0.25, 0.3) is 10.2 Å². The van der Waals surface area contributed by atoms with Crippen molar-refractivity contribution in [3.05, 3.63) is 51.0 Å². The van der Waals surface area contributed by atoms with Gasteiger partial charge in [0.2, 0.25) is 0 Å². The molecule has 3 heterocycles. The molecule has 0 aliphatic heterocycles. The molecule has 3 rings (SSSR count). The number of carbonyl (C=O) groups excluding carboxylic acids is 1. The van der Waals surface area contributed by atoms with Crippen LogP contribution >= 0.6 is 11.3 Å². The van der Waals surface area contributed by atoms with E-state index >= 15 is 0 Å². The largest absolute Gasteiger partial charge is 0.313 e. The normalized spacial score (nSPS) is 10.8. The predicted octanol–water partition coefficient (Wildman–Crippen LogP) is 2.25. The highest BCUT2D eigenvalue weighted by Crippen LogP contribution is 2.27. The van der Waals surface area contributed by atoms with Gasteiger partial charge in [-0.2, -0.15) is 0 Å². The maximum Gasteiger partial charge on any atom is 0.267 e. The number of H-pyrrole nitrogens is 1. The lowest BCUT2D eigenvalue weighted by atomic mass is 10.2. The third-order valence-electron chi connectivity index (χ3n) is 3.07. The molecular formula is C14H12N4O2S. The van der Waals surface area contributed by atoms with Crippen LogP contribution in [-0.2, 0) is 0 Å². The summed E-state index contributed by atoms with van der Waals surface area (Å²) < 4.78 is 0. The number of aromatic nitrogens is 3. The average molecular weight is 300 g/mol. The van der Waals surface area contributed by atoms with Crippen LogP contribution in [0.15, 0.2) is 29.3 Å². The first kappa shape index (κ1) is 13.4. The Morgan fingerprint density at radius 2 is 2.14 bits per heavy atom. The van der Waals surface area contributed by atoms with Gasteiger partial charge >= 0.3 is 0 Å². The number of aryl methyl sites for hydroxylation is 2. The van der Waals surface area contributed by atoms with Gasteiger partial charge in [-0.1, -0.05) is 6.07 Å². The number of hydrogen-bond acceptors (Lipinski definition) is 5. The average Bonchev–Trinajstić information content (AvgIpc) is 2.77. The van der Waals surface area contributed by atoms with Crippen LogP contribution in [0.5, 0.6) is 0 Å². The van der Waals surface area contributed by atoms with Gasteiger partial charge in [-0.05, 0) is 31.5 Å². The maximum absolute atomic E-state index is 12.3. The van der Waals surface area contributed by atoms with Crippen LogP contribution in [0, 0.1) is 13.8 Å². The molecular weight excluding hydrogens is 288 g/mol. The lowest BCUT2D eigenvalue weighted by molar-refractivity contribution is 0.102. The van der Waals surface area contributed by atoms with E-state index in [0.29, 0.717) is 26.5 Å². The van der Waals surface area contributed by atoms with Crippen molar-refractivity contribution in [1.82, 2.24) is 15.0 Å². The zero-order valence-electron chi connectivity index (χ0n) is 11.4. The van der Waals surface area contributed by atoms with E-state index in [1.807, 2.05) is 19.1 Å². The van der Waals surface area contributed by atoms with Crippen LogP contribution in [0.2, 0.25) is 0 Å². The number of thiophene rings is 1. The van der Waals surface area contributed by atoms with E-state index in [-0.39, 0.29) is 11.5 Å². The Morgan fingerprint density at radius 1 is 1.33 bits per heavy atom. The highest BCUT2D eigenvalue weighted by atomic mass is 32.1. The number of rotatable bonds is 2. The van der Waals surface area contributed by atoms with Gasteiger partial charge in [0.05, 0.1) is 16.6 Å². The van der Waals surface area contributed by atoms with Crippen molar-refractivity contribution in [1.29, 1.82) is 0 Å². The second-order valence-electron chi connectivity index (χ2n) is 4.59. The Kier molecular flexibility index (Phi) is 3.26. The SMILES string of the molecule is Cc1cccc(NC(=O)c2sc3nc[nH]c(=O)c3c2C)n1. The molecule has 0 radical (unpaired) electrons. The third-order valence-corrected chi connectivity index (χ3v) is 4.27. The van der Waals surface area contributed by atoms with Crippen molar-refractivity contribution in [2.24, 2.45) is 0 Å². The summed E-state index contributed by atoms with van der Waals surface area (Å²) in [6.45, 7) is 3.60. The zero-order valence-corrected chi connectivity index (χ0v) is 12.2. The molecule has 0 fully saturated rings. The first-order chi connectivity index (χ1) is 10.1. The van der Waals surface area contributed by atoms with E-state index in [4.69, 9.17) is 0 Å². The molecule has 0 aliphatic carbocycles. The van der Waals surface area contributed by atoms with Gasteiger partial charge in [0.1, 0.15) is 10.6 Å². The van der Waals surface area contributed by atoms with E-state index in [2.05, 4.69) is 20.3 Å². The first-order valence-corrected chi connectivity index (χ1v) is 7.09. The molecule has 0 bridgehead atoms. The van der Waals surface area contributed by atoms with E-state index in [1.165, 1.54) is 17.7 Å². The van der Waals surface area contributed by atoms with Crippen LogP contribution in [-0.4, -0.2) is 20.9 Å². The zero-order chi connectivity index (χ0) is 15.0. The fourth-order valence-corrected chi connectivity index (χ4v) is 3.13. The van der Waals surface area contributed by atoms with Crippen molar-refractivity contribution < 1.29 is 4.79 Å². The van der Waals surface area contributed by atoms with Gasteiger partial charge in [-0.25, -0.2) is 9.97 Å².